The molecule has 0 saturated carbocycles. The number of aromatic carboxylic acids is 1. The second kappa shape index (κ2) is 5.43. The van der Waals surface area contributed by atoms with Crippen molar-refractivity contribution in [1.82, 2.24) is 4.37 Å². The van der Waals surface area contributed by atoms with Crippen molar-refractivity contribution in [2.45, 2.75) is 25.9 Å². The number of hydrogen-bond acceptors (Lipinski definition) is 6. The van der Waals surface area contributed by atoms with Gasteiger partial charge in [0.15, 0.2) is 0 Å². The zero-order valence-electron chi connectivity index (χ0n) is 10.2. The fourth-order valence-electron chi connectivity index (χ4n) is 1.89. The number of sulfonamides is 1. The van der Waals surface area contributed by atoms with Crippen molar-refractivity contribution >= 4 is 32.5 Å². The molecule has 2 rings (SSSR count). The van der Waals surface area contributed by atoms with Gasteiger partial charge in [0, 0.05) is 6.61 Å². The Kier molecular flexibility index (Phi) is 4.07. The summed E-state index contributed by atoms with van der Waals surface area (Å²) < 4.78 is 35.3. The molecule has 7 nitrogen and oxygen atoms in total. The van der Waals surface area contributed by atoms with Crippen LogP contribution >= 0.6 is 11.5 Å². The van der Waals surface area contributed by atoms with Crippen LogP contribution < -0.4 is 4.72 Å². The predicted octanol–water partition coefficient (Wildman–Crippen LogP) is 1.07. The van der Waals surface area contributed by atoms with Crippen LogP contribution in [0, 0.1) is 6.92 Å². The first-order valence-corrected chi connectivity index (χ1v) is 8.13. The maximum Gasteiger partial charge on any atom is 0.340 e. The van der Waals surface area contributed by atoms with Crippen molar-refractivity contribution in [3.63, 3.8) is 0 Å². The lowest BCUT2D eigenvalue weighted by molar-refractivity contribution is 0.0697. The summed E-state index contributed by atoms with van der Waals surface area (Å²) in [6.07, 6.45) is 1.23. The molecule has 0 spiro atoms. The van der Waals surface area contributed by atoms with Crippen LogP contribution in [0.3, 0.4) is 0 Å². The smallest absolute Gasteiger partial charge is 0.340 e. The largest absolute Gasteiger partial charge is 0.478 e. The second-order valence-corrected chi connectivity index (χ2v) is 6.84. The number of anilines is 1. The quantitative estimate of drug-likeness (QED) is 0.843. The zero-order valence-corrected chi connectivity index (χ0v) is 11.9. The molecule has 1 fully saturated rings. The highest BCUT2D eigenvalue weighted by Gasteiger charge is 2.26. The fourth-order valence-corrected chi connectivity index (χ4v) is 4.29. The molecule has 1 unspecified atom stereocenters. The Morgan fingerprint density at radius 1 is 1.63 bits per heavy atom. The Hall–Kier alpha value is -1.19. The summed E-state index contributed by atoms with van der Waals surface area (Å²) in [4.78, 5) is 11.0. The molecule has 1 saturated heterocycles. The topological polar surface area (TPSA) is 106 Å². The van der Waals surface area contributed by atoms with Crippen molar-refractivity contribution in [2.75, 3.05) is 17.1 Å². The van der Waals surface area contributed by atoms with Gasteiger partial charge in [0.2, 0.25) is 10.0 Å². The van der Waals surface area contributed by atoms with Gasteiger partial charge in [-0.2, -0.15) is 4.37 Å². The summed E-state index contributed by atoms with van der Waals surface area (Å²) >= 11 is 0.827. The third kappa shape index (κ3) is 3.43. The normalized spacial score (nSPS) is 19.5. The van der Waals surface area contributed by atoms with E-state index in [1.807, 2.05) is 0 Å². The molecule has 0 radical (unpaired) electrons. The number of aryl methyl sites for hydroxylation is 1. The minimum Gasteiger partial charge on any atom is -0.478 e. The van der Waals surface area contributed by atoms with Gasteiger partial charge in [-0.1, -0.05) is 0 Å². The molecular formula is C10H14N2O5S2. The first-order chi connectivity index (χ1) is 8.89. The SMILES string of the molecule is Cc1nsc(NS(=O)(=O)CC2CCCO2)c1C(=O)O. The van der Waals surface area contributed by atoms with Crippen LogP contribution in [0.4, 0.5) is 5.00 Å². The van der Waals surface area contributed by atoms with Gasteiger partial charge in [-0.3, -0.25) is 4.72 Å². The molecule has 19 heavy (non-hydrogen) atoms. The fraction of sp³-hybridized carbons (Fsp3) is 0.600. The lowest BCUT2D eigenvalue weighted by Crippen LogP contribution is -2.26. The van der Waals surface area contributed by atoms with E-state index in [9.17, 15) is 13.2 Å². The highest BCUT2D eigenvalue weighted by Crippen LogP contribution is 2.26. The van der Waals surface area contributed by atoms with Gasteiger partial charge in [-0.05, 0) is 31.3 Å². The average molecular weight is 306 g/mol. The second-order valence-electron chi connectivity index (χ2n) is 4.30. The summed E-state index contributed by atoms with van der Waals surface area (Å²) in [5.74, 6) is -1.36. The molecule has 1 aromatic heterocycles. The van der Waals surface area contributed by atoms with Gasteiger partial charge in [-0.15, -0.1) is 0 Å². The predicted molar refractivity (Wildman–Crippen MR) is 70.2 cm³/mol. The molecule has 0 amide bonds. The molecule has 0 aromatic carbocycles. The Labute approximate surface area is 114 Å². The van der Waals surface area contributed by atoms with E-state index in [1.165, 1.54) is 6.92 Å². The molecule has 1 aromatic rings. The number of aromatic nitrogens is 1. The van der Waals surface area contributed by atoms with E-state index in [1.54, 1.807) is 0 Å². The third-order valence-electron chi connectivity index (χ3n) is 2.75. The van der Waals surface area contributed by atoms with Crippen LogP contribution in [0.15, 0.2) is 0 Å². The molecule has 2 heterocycles. The van der Waals surface area contributed by atoms with Gasteiger partial charge in [-0.25, -0.2) is 13.2 Å². The Balaban J connectivity index is 2.13. The molecule has 1 aliphatic heterocycles. The maximum absolute atomic E-state index is 11.9. The molecule has 106 valence electrons. The van der Waals surface area contributed by atoms with Crippen LogP contribution in [-0.4, -0.2) is 42.3 Å². The number of nitrogens with zero attached hydrogens (tertiary/aromatic N) is 1. The van der Waals surface area contributed by atoms with E-state index < -0.39 is 16.0 Å². The summed E-state index contributed by atoms with van der Waals surface area (Å²) in [6, 6.07) is 0. The maximum atomic E-state index is 11.9. The van der Waals surface area contributed by atoms with Gasteiger partial charge in [0.25, 0.3) is 0 Å². The highest BCUT2D eigenvalue weighted by atomic mass is 32.2. The summed E-state index contributed by atoms with van der Waals surface area (Å²) in [7, 11) is -3.63. The molecule has 1 aliphatic rings. The zero-order chi connectivity index (χ0) is 14.0. The number of nitrogens with one attached hydrogen (secondary N) is 1. The van der Waals surface area contributed by atoms with Crippen molar-refractivity contribution < 1.29 is 23.1 Å². The number of carboxylic acid groups (broad SMARTS) is 1. The Morgan fingerprint density at radius 2 is 2.37 bits per heavy atom. The summed E-state index contributed by atoms with van der Waals surface area (Å²) in [6.45, 7) is 2.10. The van der Waals surface area contributed by atoms with E-state index in [4.69, 9.17) is 9.84 Å². The van der Waals surface area contributed by atoms with E-state index in [0.29, 0.717) is 18.7 Å². The van der Waals surface area contributed by atoms with Crippen LogP contribution in [-0.2, 0) is 14.8 Å². The monoisotopic (exact) mass is 306 g/mol. The molecular weight excluding hydrogens is 292 g/mol. The van der Waals surface area contributed by atoms with E-state index in [2.05, 4.69) is 9.10 Å². The van der Waals surface area contributed by atoms with Crippen LogP contribution in [0.2, 0.25) is 0 Å². The number of rotatable bonds is 5. The van der Waals surface area contributed by atoms with E-state index >= 15 is 0 Å². The first-order valence-electron chi connectivity index (χ1n) is 5.71. The number of carbonyl (C=O) groups is 1. The van der Waals surface area contributed by atoms with Gasteiger partial charge >= 0.3 is 5.97 Å². The minimum atomic E-state index is -3.63. The van der Waals surface area contributed by atoms with E-state index in [-0.39, 0.29) is 22.4 Å². The van der Waals surface area contributed by atoms with Crippen molar-refractivity contribution in [3.8, 4) is 0 Å². The molecule has 2 N–H and O–H groups in total. The minimum absolute atomic E-state index is 0.0444. The summed E-state index contributed by atoms with van der Waals surface area (Å²) in [5.41, 5.74) is 0.202. The first kappa shape index (κ1) is 14.2. The van der Waals surface area contributed by atoms with E-state index in [0.717, 1.165) is 18.0 Å². The van der Waals surface area contributed by atoms with Crippen molar-refractivity contribution in [2.24, 2.45) is 0 Å². The van der Waals surface area contributed by atoms with Gasteiger partial charge in [0.05, 0.1) is 17.6 Å². The lowest BCUT2D eigenvalue weighted by atomic mass is 10.2. The summed E-state index contributed by atoms with van der Waals surface area (Å²) in [5, 5.41) is 9.07. The molecule has 0 aliphatic carbocycles. The molecule has 1 atom stereocenters. The standard InChI is InChI=1S/C10H14N2O5S2/c1-6-8(10(13)14)9(18-11-6)12-19(15,16)5-7-3-2-4-17-7/h7,12H,2-5H2,1H3,(H,13,14). The number of carboxylic acids is 1. The number of hydrogen-bond donors (Lipinski definition) is 2. The Morgan fingerprint density at radius 3 is 2.95 bits per heavy atom. The van der Waals surface area contributed by atoms with Crippen molar-refractivity contribution in [1.29, 1.82) is 0 Å². The average Bonchev–Trinajstić information content (AvgIpc) is 2.87. The van der Waals surface area contributed by atoms with Gasteiger partial charge < -0.3 is 9.84 Å². The molecule has 0 bridgehead atoms. The highest BCUT2D eigenvalue weighted by molar-refractivity contribution is 7.92. The van der Waals surface area contributed by atoms with Gasteiger partial charge in [0.1, 0.15) is 10.6 Å². The third-order valence-corrected chi connectivity index (χ3v) is 5.06. The van der Waals surface area contributed by atoms with Crippen molar-refractivity contribution in [3.05, 3.63) is 11.3 Å². The van der Waals surface area contributed by atoms with Crippen LogP contribution in [0.25, 0.3) is 0 Å². The number of ether oxygens (including phenoxy) is 1. The Bertz CT molecular complexity index is 575. The molecule has 9 heteroatoms. The van der Waals surface area contributed by atoms with Crippen LogP contribution in [0.1, 0.15) is 28.9 Å². The van der Waals surface area contributed by atoms with Crippen LogP contribution in [0.5, 0.6) is 0 Å². The lowest BCUT2D eigenvalue weighted by Gasteiger charge is -2.11.